The number of allylic oxidation sites excluding steroid dienone is 1. The molecule has 0 unspecified atom stereocenters. The normalized spacial score (nSPS) is 13.4. The molecule has 0 aromatic heterocycles. The molecule has 1 aromatic carbocycles. The lowest BCUT2D eigenvalue weighted by Gasteiger charge is -2.22. The lowest BCUT2D eigenvalue weighted by Crippen LogP contribution is -2.26. The van der Waals surface area contributed by atoms with Gasteiger partial charge in [0.1, 0.15) is 0 Å². The van der Waals surface area contributed by atoms with Crippen LogP contribution in [0.3, 0.4) is 0 Å². The van der Waals surface area contributed by atoms with Crippen LogP contribution in [0.15, 0.2) is 36.2 Å². The first kappa shape index (κ1) is 26.3. The van der Waals surface area contributed by atoms with Crippen LogP contribution in [0.4, 0.5) is 0 Å². The Kier molecular flexibility index (Phi) is 12.2. The minimum Gasteiger partial charge on any atom is -0.481 e. The van der Waals surface area contributed by atoms with E-state index < -0.39 is 17.8 Å². The predicted octanol–water partition coefficient (Wildman–Crippen LogP) is 4.38. The Labute approximate surface area is 184 Å². The summed E-state index contributed by atoms with van der Waals surface area (Å²) in [6.45, 7) is 3.80. The minimum absolute atomic E-state index is 0.222. The smallest absolute Gasteiger partial charge is 0.344 e. The molecule has 1 aliphatic heterocycles. The van der Waals surface area contributed by atoms with Gasteiger partial charge < -0.3 is 5.11 Å². The first-order valence-corrected chi connectivity index (χ1v) is 10.7. The van der Waals surface area contributed by atoms with Crippen LogP contribution < -0.4 is 0 Å². The summed E-state index contributed by atoms with van der Waals surface area (Å²) < 4.78 is 0. The molecule has 0 aliphatic carbocycles. The van der Waals surface area contributed by atoms with Crippen LogP contribution in [0.25, 0.3) is 5.57 Å². The van der Waals surface area contributed by atoms with Gasteiger partial charge in [-0.15, -0.1) is 0 Å². The summed E-state index contributed by atoms with van der Waals surface area (Å²) in [7, 11) is 2.75. The van der Waals surface area contributed by atoms with Crippen LogP contribution in [0, 0.1) is 0 Å². The summed E-state index contributed by atoms with van der Waals surface area (Å²) in [6.07, 6.45) is 7.91. The number of hydrogen-bond donors (Lipinski definition) is 1. The van der Waals surface area contributed by atoms with Gasteiger partial charge in [0.25, 0.3) is 0 Å². The first-order valence-electron chi connectivity index (χ1n) is 10.7. The first-order chi connectivity index (χ1) is 14.9. The highest BCUT2D eigenvalue weighted by molar-refractivity contribution is 6.37. The molecule has 1 N–H and O–H groups in total. The molecule has 1 saturated heterocycles. The van der Waals surface area contributed by atoms with Crippen LogP contribution in [0.5, 0.6) is 0 Å². The molecule has 0 atom stereocenters. The van der Waals surface area contributed by atoms with Crippen molar-refractivity contribution < 1.29 is 29.2 Å². The Morgan fingerprint density at radius 3 is 1.81 bits per heavy atom. The molecule has 0 saturated carbocycles. The highest BCUT2D eigenvalue weighted by Gasteiger charge is 2.44. The van der Waals surface area contributed by atoms with Gasteiger partial charge in [-0.05, 0) is 18.4 Å². The average molecular weight is 435 g/mol. The molecule has 172 valence electrons. The van der Waals surface area contributed by atoms with Crippen LogP contribution >= 0.6 is 0 Å². The highest BCUT2D eigenvalue weighted by Crippen LogP contribution is 2.33. The van der Waals surface area contributed by atoms with E-state index in [4.69, 9.17) is 14.8 Å². The molecule has 0 spiro atoms. The second kappa shape index (κ2) is 14.3. The van der Waals surface area contributed by atoms with Gasteiger partial charge in [-0.3, -0.25) is 24.1 Å². The molecule has 8 heteroatoms. The predicted molar refractivity (Wildman–Crippen MR) is 117 cm³/mol. The molecule has 1 heterocycles. The second-order valence-electron chi connectivity index (χ2n) is 7.00. The third kappa shape index (κ3) is 7.80. The molecule has 8 nitrogen and oxygen atoms in total. The van der Waals surface area contributed by atoms with Crippen molar-refractivity contribution in [1.82, 2.24) is 10.1 Å². The van der Waals surface area contributed by atoms with Gasteiger partial charge in [-0.1, -0.05) is 76.3 Å². The SMILES string of the molecule is CCC(=O)O.CCCCCCCCC(=C1N(OC)C(=O)C(=O)N1OC)c1ccccc1. The molecule has 0 radical (unpaired) electrons. The lowest BCUT2D eigenvalue weighted by molar-refractivity contribution is -0.164. The fraction of sp³-hybridized carbons (Fsp3) is 0.522. The zero-order valence-corrected chi connectivity index (χ0v) is 18.9. The molecule has 2 amide bonds. The summed E-state index contributed by atoms with van der Waals surface area (Å²) >= 11 is 0. The summed E-state index contributed by atoms with van der Waals surface area (Å²) in [4.78, 5) is 44.1. The Morgan fingerprint density at radius 1 is 0.871 bits per heavy atom. The molecule has 2 rings (SSSR count). The Balaban J connectivity index is 0.000000861. The van der Waals surface area contributed by atoms with Crippen molar-refractivity contribution in [2.45, 2.75) is 65.2 Å². The fourth-order valence-corrected chi connectivity index (χ4v) is 3.14. The standard InChI is InChI=1S/C20H28N2O4.C3H6O2/c1-4-5-6-7-8-12-15-17(16-13-10-9-11-14-16)18-21(25-2)19(23)20(24)22(18)26-3;1-2-3(4)5/h9-11,13-14H,4-8,12,15H2,1-3H3;2H2,1H3,(H,4,5). The Bertz CT molecular complexity index is 724. The highest BCUT2D eigenvalue weighted by atomic mass is 16.7. The van der Waals surface area contributed by atoms with Gasteiger partial charge >= 0.3 is 17.8 Å². The van der Waals surface area contributed by atoms with E-state index in [1.807, 2.05) is 30.3 Å². The van der Waals surface area contributed by atoms with Gasteiger partial charge in [-0.2, -0.15) is 10.1 Å². The number of carbonyl (C=O) groups is 3. The number of carbonyl (C=O) groups excluding carboxylic acids is 2. The molecular formula is C23H34N2O6. The zero-order chi connectivity index (χ0) is 23.2. The minimum atomic E-state index is -0.749. The number of aliphatic carboxylic acids is 1. The Morgan fingerprint density at radius 2 is 1.35 bits per heavy atom. The third-order valence-electron chi connectivity index (χ3n) is 4.78. The number of nitrogens with zero attached hydrogens (tertiary/aromatic N) is 2. The fourth-order valence-electron chi connectivity index (χ4n) is 3.14. The maximum absolute atomic E-state index is 12.2. The van der Waals surface area contributed by atoms with Gasteiger partial charge in [0.15, 0.2) is 5.82 Å². The number of carboxylic acids is 1. The van der Waals surface area contributed by atoms with E-state index in [-0.39, 0.29) is 6.42 Å². The van der Waals surface area contributed by atoms with E-state index in [1.54, 1.807) is 6.92 Å². The van der Waals surface area contributed by atoms with Gasteiger partial charge in [0.05, 0.1) is 14.2 Å². The monoisotopic (exact) mass is 434 g/mol. The topological polar surface area (TPSA) is 96.4 Å². The average Bonchev–Trinajstić information content (AvgIpc) is 3.03. The van der Waals surface area contributed by atoms with E-state index in [0.717, 1.165) is 40.5 Å². The van der Waals surface area contributed by atoms with Crippen molar-refractivity contribution in [3.05, 3.63) is 41.7 Å². The number of rotatable bonds is 11. The van der Waals surface area contributed by atoms with E-state index in [9.17, 15) is 14.4 Å². The van der Waals surface area contributed by atoms with Gasteiger partial charge in [0, 0.05) is 12.0 Å². The quantitative estimate of drug-likeness (QED) is 0.410. The van der Waals surface area contributed by atoms with Crippen molar-refractivity contribution in [3.8, 4) is 0 Å². The maximum Gasteiger partial charge on any atom is 0.344 e. The van der Waals surface area contributed by atoms with Crippen LogP contribution in [0.1, 0.15) is 70.8 Å². The largest absolute Gasteiger partial charge is 0.481 e. The van der Waals surface area contributed by atoms with Crippen molar-refractivity contribution in [3.63, 3.8) is 0 Å². The van der Waals surface area contributed by atoms with Gasteiger partial charge in [0.2, 0.25) is 0 Å². The molecule has 1 fully saturated rings. The van der Waals surface area contributed by atoms with Crippen LogP contribution in [-0.4, -0.2) is 47.2 Å². The van der Waals surface area contributed by atoms with E-state index in [0.29, 0.717) is 5.82 Å². The number of hydroxylamine groups is 4. The van der Waals surface area contributed by atoms with E-state index >= 15 is 0 Å². The number of unbranched alkanes of at least 4 members (excludes halogenated alkanes) is 5. The third-order valence-corrected chi connectivity index (χ3v) is 4.78. The Hall–Kier alpha value is -2.71. The molecular weight excluding hydrogens is 400 g/mol. The van der Waals surface area contributed by atoms with Crippen molar-refractivity contribution >= 4 is 23.4 Å². The summed E-state index contributed by atoms with van der Waals surface area (Å²) in [6, 6.07) is 9.74. The van der Waals surface area contributed by atoms with E-state index in [1.165, 1.54) is 39.9 Å². The van der Waals surface area contributed by atoms with Crippen LogP contribution in [0.2, 0.25) is 0 Å². The molecule has 1 aromatic rings. The molecule has 0 bridgehead atoms. The number of hydrogen-bond acceptors (Lipinski definition) is 5. The lowest BCUT2D eigenvalue weighted by atomic mass is 9.98. The number of benzene rings is 1. The molecule has 31 heavy (non-hydrogen) atoms. The van der Waals surface area contributed by atoms with E-state index in [2.05, 4.69) is 6.92 Å². The number of carboxylic acid groups (broad SMARTS) is 1. The number of amides is 2. The van der Waals surface area contributed by atoms with Crippen LogP contribution in [-0.2, 0) is 24.1 Å². The van der Waals surface area contributed by atoms with Crippen molar-refractivity contribution in [2.24, 2.45) is 0 Å². The summed E-state index contributed by atoms with van der Waals surface area (Å²) in [5.41, 5.74) is 1.81. The second-order valence-corrected chi connectivity index (χ2v) is 7.00. The summed E-state index contributed by atoms with van der Waals surface area (Å²) in [5, 5.41) is 9.76. The zero-order valence-electron chi connectivity index (χ0n) is 18.9. The van der Waals surface area contributed by atoms with Gasteiger partial charge in [-0.25, -0.2) is 0 Å². The van der Waals surface area contributed by atoms with Crippen molar-refractivity contribution in [1.29, 1.82) is 0 Å². The summed E-state index contributed by atoms with van der Waals surface area (Å²) in [5.74, 6) is -1.89. The molecule has 1 aliphatic rings. The maximum atomic E-state index is 12.2. The van der Waals surface area contributed by atoms with Crippen molar-refractivity contribution in [2.75, 3.05) is 14.2 Å².